The minimum absolute atomic E-state index is 0.0106. The van der Waals surface area contributed by atoms with Crippen LogP contribution in [0.25, 0.3) is 0 Å². The SMILES string of the molecule is COc1ccc(F)cc1[C@H]1N[C@@H](CO)[C@H]2CN(Cc3ccccc3)C[C@H]21. The van der Waals surface area contributed by atoms with Crippen LogP contribution in [-0.4, -0.2) is 42.9 Å². The zero-order valence-corrected chi connectivity index (χ0v) is 14.9. The lowest BCUT2D eigenvalue weighted by molar-refractivity contribution is 0.211. The highest BCUT2D eigenvalue weighted by atomic mass is 19.1. The van der Waals surface area contributed by atoms with Gasteiger partial charge in [-0.15, -0.1) is 0 Å². The lowest BCUT2D eigenvalue weighted by atomic mass is 9.87. The molecule has 4 atom stereocenters. The Morgan fingerprint density at radius 1 is 1.15 bits per heavy atom. The fourth-order valence-electron chi connectivity index (χ4n) is 4.63. The number of nitrogens with one attached hydrogen (secondary N) is 1. The Kier molecular flexibility index (Phi) is 4.94. The van der Waals surface area contributed by atoms with Gasteiger partial charge < -0.3 is 15.2 Å². The molecular formula is C21H25FN2O2. The van der Waals surface area contributed by atoms with Crippen molar-refractivity contribution in [3.05, 3.63) is 65.5 Å². The summed E-state index contributed by atoms with van der Waals surface area (Å²) in [5.74, 6) is 1.11. The fourth-order valence-corrected chi connectivity index (χ4v) is 4.63. The number of ether oxygens (including phenoxy) is 1. The van der Waals surface area contributed by atoms with E-state index >= 15 is 0 Å². The molecule has 5 heteroatoms. The van der Waals surface area contributed by atoms with Gasteiger partial charge in [0.1, 0.15) is 11.6 Å². The lowest BCUT2D eigenvalue weighted by Gasteiger charge is -2.24. The molecule has 2 aromatic rings. The number of halogens is 1. The van der Waals surface area contributed by atoms with Crippen LogP contribution in [0, 0.1) is 17.7 Å². The van der Waals surface area contributed by atoms with Gasteiger partial charge in [-0.1, -0.05) is 30.3 Å². The summed E-state index contributed by atoms with van der Waals surface area (Å²) in [6, 6.07) is 15.1. The van der Waals surface area contributed by atoms with Gasteiger partial charge in [-0.25, -0.2) is 4.39 Å². The number of benzene rings is 2. The van der Waals surface area contributed by atoms with Gasteiger partial charge in [-0.2, -0.15) is 0 Å². The number of hydrogen-bond donors (Lipinski definition) is 2. The predicted molar refractivity (Wildman–Crippen MR) is 98.4 cm³/mol. The number of aliphatic hydroxyl groups excluding tert-OH is 1. The average Bonchev–Trinajstić information content (AvgIpc) is 3.21. The molecule has 26 heavy (non-hydrogen) atoms. The third-order valence-electron chi connectivity index (χ3n) is 5.80. The monoisotopic (exact) mass is 356 g/mol. The Bertz CT molecular complexity index is 755. The Morgan fingerprint density at radius 2 is 1.92 bits per heavy atom. The summed E-state index contributed by atoms with van der Waals surface area (Å²) in [5.41, 5.74) is 2.14. The van der Waals surface area contributed by atoms with Gasteiger partial charge in [0.05, 0.1) is 13.7 Å². The first-order chi connectivity index (χ1) is 12.7. The molecule has 2 N–H and O–H groups in total. The van der Waals surface area contributed by atoms with Crippen molar-refractivity contribution in [2.45, 2.75) is 18.6 Å². The van der Waals surface area contributed by atoms with Crippen molar-refractivity contribution >= 4 is 0 Å². The minimum atomic E-state index is -0.259. The second-order valence-corrected chi connectivity index (χ2v) is 7.33. The molecule has 138 valence electrons. The topological polar surface area (TPSA) is 44.7 Å². The van der Waals surface area contributed by atoms with E-state index in [1.54, 1.807) is 19.2 Å². The van der Waals surface area contributed by atoms with Crippen LogP contribution >= 0.6 is 0 Å². The Hall–Kier alpha value is -1.95. The summed E-state index contributed by atoms with van der Waals surface area (Å²) < 4.78 is 19.4. The van der Waals surface area contributed by atoms with E-state index in [9.17, 15) is 9.50 Å². The van der Waals surface area contributed by atoms with Crippen molar-refractivity contribution in [1.82, 2.24) is 10.2 Å². The molecule has 0 saturated carbocycles. The van der Waals surface area contributed by atoms with Crippen LogP contribution in [0.2, 0.25) is 0 Å². The summed E-state index contributed by atoms with van der Waals surface area (Å²) in [6.45, 7) is 2.85. The van der Waals surface area contributed by atoms with Crippen molar-refractivity contribution in [1.29, 1.82) is 0 Å². The second-order valence-electron chi connectivity index (χ2n) is 7.33. The van der Waals surface area contributed by atoms with Crippen molar-refractivity contribution in [3.8, 4) is 5.75 Å². The number of hydrogen-bond acceptors (Lipinski definition) is 4. The second kappa shape index (κ2) is 7.35. The van der Waals surface area contributed by atoms with E-state index in [1.807, 2.05) is 6.07 Å². The molecule has 0 radical (unpaired) electrons. The molecule has 0 amide bonds. The quantitative estimate of drug-likeness (QED) is 0.864. The highest BCUT2D eigenvalue weighted by molar-refractivity contribution is 5.38. The Balaban J connectivity index is 1.58. The molecule has 0 unspecified atom stereocenters. The van der Waals surface area contributed by atoms with Crippen LogP contribution in [0.5, 0.6) is 5.75 Å². The number of nitrogens with zero attached hydrogens (tertiary/aromatic N) is 1. The first-order valence-electron chi connectivity index (χ1n) is 9.16. The number of aliphatic hydroxyl groups is 1. The van der Waals surface area contributed by atoms with E-state index in [1.165, 1.54) is 11.6 Å². The highest BCUT2D eigenvalue weighted by Crippen LogP contribution is 2.44. The average molecular weight is 356 g/mol. The van der Waals surface area contributed by atoms with Crippen LogP contribution in [0.4, 0.5) is 4.39 Å². The Labute approximate surface area is 153 Å². The van der Waals surface area contributed by atoms with Crippen LogP contribution in [0.3, 0.4) is 0 Å². The van der Waals surface area contributed by atoms with Crippen LogP contribution in [0.15, 0.2) is 48.5 Å². The standard InChI is InChI=1S/C21H25FN2O2/c1-26-20-8-7-15(22)9-16(20)21-18-12-24(10-14-5-3-2-4-6-14)11-17(18)19(13-25)23-21/h2-9,17-19,21,23,25H,10-13H2,1H3/t17-,18+,19-,21+/m0/s1. The molecule has 0 spiro atoms. The van der Waals surface area contributed by atoms with Gasteiger partial charge in [-0.05, 0) is 35.6 Å². The normalized spacial score (nSPS) is 28.3. The zero-order chi connectivity index (χ0) is 18.1. The zero-order valence-electron chi connectivity index (χ0n) is 14.9. The van der Waals surface area contributed by atoms with Crippen LogP contribution < -0.4 is 10.1 Å². The van der Waals surface area contributed by atoms with E-state index < -0.39 is 0 Å². The molecule has 2 aliphatic rings. The molecule has 2 heterocycles. The van der Waals surface area contributed by atoms with Gasteiger partial charge in [0.25, 0.3) is 0 Å². The molecule has 2 saturated heterocycles. The smallest absolute Gasteiger partial charge is 0.123 e. The molecule has 0 aliphatic carbocycles. The first-order valence-corrected chi connectivity index (χ1v) is 9.16. The molecule has 4 nitrogen and oxygen atoms in total. The lowest BCUT2D eigenvalue weighted by Crippen LogP contribution is -2.36. The molecule has 2 fully saturated rings. The number of rotatable bonds is 5. The summed E-state index contributed by atoms with van der Waals surface area (Å²) in [7, 11) is 1.61. The van der Waals surface area contributed by atoms with Crippen molar-refractivity contribution in [2.24, 2.45) is 11.8 Å². The summed E-state index contributed by atoms with van der Waals surface area (Å²) in [5, 5.41) is 13.4. The maximum absolute atomic E-state index is 13.9. The third-order valence-corrected chi connectivity index (χ3v) is 5.80. The van der Waals surface area contributed by atoms with Gasteiger partial charge in [0.15, 0.2) is 0 Å². The molecule has 2 aromatic carbocycles. The van der Waals surface area contributed by atoms with Crippen LogP contribution in [-0.2, 0) is 6.54 Å². The van der Waals surface area contributed by atoms with Gasteiger partial charge >= 0.3 is 0 Å². The maximum atomic E-state index is 13.9. The third kappa shape index (κ3) is 3.22. The summed E-state index contributed by atoms with van der Waals surface area (Å²) in [4.78, 5) is 2.44. The molecular weight excluding hydrogens is 331 g/mol. The molecule has 4 rings (SSSR count). The number of likely N-dealkylation sites (tertiary alicyclic amines) is 1. The highest BCUT2D eigenvalue weighted by Gasteiger charge is 2.48. The van der Waals surface area contributed by atoms with Gasteiger partial charge in [-0.3, -0.25) is 4.90 Å². The van der Waals surface area contributed by atoms with Crippen molar-refractivity contribution < 1.29 is 14.2 Å². The van der Waals surface area contributed by atoms with E-state index in [0.717, 1.165) is 25.2 Å². The van der Waals surface area contributed by atoms with Crippen molar-refractivity contribution in [2.75, 3.05) is 26.8 Å². The van der Waals surface area contributed by atoms with E-state index in [4.69, 9.17) is 4.74 Å². The van der Waals surface area contributed by atoms with Gasteiger partial charge in [0.2, 0.25) is 0 Å². The van der Waals surface area contributed by atoms with Crippen molar-refractivity contribution in [3.63, 3.8) is 0 Å². The van der Waals surface area contributed by atoms with E-state index in [0.29, 0.717) is 17.6 Å². The van der Waals surface area contributed by atoms with Crippen LogP contribution in [0.1, 0.15) is 17.2 Å². The molecule has 0 bridgehead atoms. The largest absolute Gasteiger partial charge is 0.496 e. The summed E-state index contributed by atoms with van der Waals surface area (Å²) in [6.07, 6.45) is 0. The predicted octanol–water partition coefficient (Wildman–Crippen LogP) is 2.59. The number of fused-ring (bicyclic) bond motifs is 1. The Morgan fingerprint density at radius 3 is 2.65 bits per heavy atom. The molecule has 2 aliphatic heterocycles. The molecule has 0 aromatic heterocycles. The summed E-state index contributed by atoms with van der Waals surface area (Å²) >= 11 is 0. The fraction of sp³-hybridized carbons (Fsp3) is 0.429. The van der Waals surface area contributed by atoms with Gasteiger partial charge in [0, 0.05) is 37.3 Å². The number of methoxy groups -OCH3 is 1. The minimum Gasteiger partial charge on any atom is -0.496 e. The maximum Gasteiger partial charge on any atom is 0.123 e. The van der Waals surface area contributed by atoms with E-state index in [2.05, 4.69) is 34.5 Å². The first kappa shape index (κ1) is 17.5. The van der Waals surface area contributed by atoms with E-state index in [-0.39, 0.29) is 24.5 Å².